The second-order valence-corrected chi connectivity index (χ2v) is 4.84. The van der Waals surface area contributed by atoms with Crippen LogP contribution in [0.1, 0.15) is 30.6 Å². The third-order valence-electron chi connectivity index (χ3n) is 3.34. The Hall–Kier alpha value is -1.68. The largest absolute Gasteiger partial charge is 0.342 e. The van der Waals surface area contributed by atoms with Crippen LogP contribution in [-0.2, 0) is 4.79 Å². The Labute approximate surface area is 121 Å². The van der Waals surface area contributed by atoms with E-state index in [2.05, 4.69) is 0 Å². The Balaban J connectivity index is 2.38. The van der Waals surface area contributed by atoms with E-state index in [9.17, 15) is 9.59 Å². The smallest absolute Gasteiger partial charge is 0.236 e. The van der Waals surface area contributed by atoms with Crippen molar-refractivity contribution in [1.29, 1.82) is 0 Å². The van der Waals surface area contributed by atoms with E-state index in [4.69, 9.17) is 0 Å². The Morgan fingerprint density at radius 3 is 2.20 bits per heavy atom. The Morgan fingerprint density at radius 2 is 1.65 bits per heavy atom. The predicted octanol–water partition coefficient (Wildman–Crippen LogP) is 2.06. The minimum absolute atomic E-state index is 0.115. The number of nitrogens with zero attached hydrogens (tertiary/aromatic N) is 2. The van der Waals surface area contributed by atoms with Crippen molar-refractivity contribution in [3.63, 3.8) is 0 Å². The van der Waals surface area contributed by atoms with Gasteiger partial charge in [-0.2, -0.15) is 0 Å². The van der Waals surface area contributed by atoms with Gasteiger partial charge < -0.3 is 4.90 Å². The van der Waals surface area contributed by atoms with Gasteiger partial charge in [-0.25, -0.2) is 0 Å². The van der Waals surface area contributed by atoms with E-state index in [0.717, 1.165) is 18.7 Å². The van der Waals surface area contributed by atoms with Crippen molar-refractivity contribution < 1.29 is 9.59 Å². The lowest BCUT2D eigenvalue weighted by Gasteiger charge is -2.22. The highest BCUT2D eigenvalue weighted by Crippen LogP contribution is 2.03. The highest BCUT2D eigenvalue weighted by Gasteiger charge is 2.13. The molecule has 1 amide bonds. The van der Waals surface area contributed by atoms with Crippen LogP contribution in [0, 0.1) is 0 Å². The second kappa shape index (κ2) is 8.48. The quantitative estimate of drug-likeness (QED) is 0.682. The minimum Gasteiger partial charge on any atom is -0.342 e. The number of Topliss-reactive ketones (excluding diaryl/α,β-unsaturated/α-hetero) is 1. The second-order valence-electron chi connectivity index (χ2n) is 4.84. The lowest BCUT2D eigenvalue weighted by Crippen LogP contribution is -2.39. The normalized spacial score (nSPS) is 10.6. The molecule has 0 unspecified atom stereocenters. The number of benzene rings is 1. The molecule has 4 heteroatoms. The molecule has 1 aromatic rings. The Bertz CT molecular complexity index is 427. The fourth-order valence-electron chi connectivity index (χ4n) is 2.05. The van der Waals surface area contributed by atoms with Crippen molar-refractivity contribution in [3.05, 3.63) is 35.9 Å². The molecule has 1 rings (SSSR count). The molecule has 0 aromatic heterocycles. The molecule has 0 saturated heterocycles. The van der Waals surface area contributed by atoms with Crippen molar-refractivity contribution in [3.8, 4) is 0 Å². The molecule has 0 aliphatic rings. The van der Waals surface area contributed by atoms with Gasteiger partial charge in [-0.05, 0) is 20.9 Å². The molecule has 0 fully saturated rings. The maximum absolute atomic E-state index is 12.0. The number of rotatable bonds is 8. The average molecular weight is 276 g/mol. The molecule has 0 heterocycles. The first-order valence-electron chi connectivity index (χ1n) is 7.13. The first-order valence-corrected chi connectivity index (χ1v) is 7.13. The number of carbonyl (C=O) groups excluding carboxylic acids is 2. The van der Waals surface area contributed by atoms with Gasteiger partial charge in [0.15, 0.2) is 5.78 Å². The molecule has 0 aliphatic carbocycles. The fraction of sp³-hybridized carbons (Fsp3) is 0.500. The summed E-state index contributed by atoms with van der Waals surface area (Å²) in [6.45, 7) is 6.36. The van der Waals surface area contributed by atoms with Gasteiger partial charge in [-0.3, -0.25) is 14.5 Å². The van der Waals surface area contributed by atoms with E-state index in [1.54, 1.807) is 4.90 Å². The summed E-state index contributed by atoms with van der Waals surface area (Å²) in [6.07, 6.45) is 0.437. The molecule has 1 aromatic carbocycles. The Kier molecular flexibility index (Phi) is 6.94. The zero-order valence-electron chi connectivity index (χ0n) is 12.6. The maximum Gasteiger partial charge on any atom is 0.236 e. The first kappa shape index (κ1) is 16.4. The number of likely N-dealkylation sites (N-methyl/N-ethyl adjacent to an activating group) is 2. The van der Waals surface area contributed by atoms with Crippen molar-refractivity contribution in [2.75, 3.05) is 33.2 Å². The van der Waals surface area contributed by atoms with Crippen LogP contribution in [-0.4, -0.2) is 54.7 Å². The lowest BCUT2D eigenvalue weighted by molar-refractivity contribution is -0.131. The van der Waals surface area contributed by atoms with Gasteiger partial charge in [0.25, 0.3) is 0 Å². The summed E-state index contributed by atoms with van der Waals surface area (Å²) >= 11 is 0. The van der Waals surface area contributed by atoms with Crippen LogP contribution in [0.4, 0.5) is 0 Å². The van der Waals surface area contributed by atoms with E-state index in [-0.39, 0.29) is 11.7 Å². The predicted molar refractivity (Wildman–Crippen MR) is 80.8 cm³/mol. The summed E-state index contributed by atoms with van der Waals surface area (Å²) in [7, 11) is 1.87. The highest BCUT2D eigenvalue weighted by molar-refractivity contribution is 5.96. The lowest BCUT2D eigenvalue weighted by atomic mass is 10.1. The zero-order valence-corrected chi connectivity index (χ0v) is 12.6. The van der Waals surface area contributed by atoms with E-state index < -0.39 is 0 Å². The van der Waals surface area contributed by atoms with Gasteiger partial charge in [0.2, 0.25) is 5.91 Å². The molecule has 0 radical (unpaired) electrons. The summed E-state index contributed by atoms with van der Waals surface area (Å²) in [4.78, 5) is 27.6. The molecule has 110 valence electrons. The zero-order chi connectivity index (χ0) is 15.0. The molecule has 20 heavy (non-hydrogen) atoms. The topological polar surface area (TPSA) is 40.6 Å². The SMILES string of the molecule is CCN(CC)C(=O)CN(C)CCC(=O)c1ccccc1. The average Bonchev–Trinajstić information content (AvgIpc) is 2.47. The van der Waals surface area contributed by atoms with Gasteiger partial charge in [0.05, 0.1) is 6.54 Å². The summed E-state index contributed by atoms with van der Waals surface area (Å²) in [5.74, 6) is 0.234. The van der Waals surface area contributed by atoms with E-state index >= 15 is 0 Å². The number of amides is 1. The number of hydrogen-bond acceptors (Lipinski definition) is 3. The molecule has 0 saturated carbocycles. The van der Waals surface area contributed by atoms with Gasteiger partial charge >= 0.3 is 0 Å². The summed E-state index contributed by atoms with van der Waals surface area (Å²) < 4.78 is 0. The van der Waals surface area contributed by atoms with Crippen molar-refractivity contribution in [2.45, 2.75) is 20.3 Å². The van der Waals surface area contributed by atoms with Crippen LogP contribution < -0.4 is 0 Å². The molecule has 0 spiro atoms. The minimum atomic E-state index is 0.115. The molecular weight excluding hydrogens is 252 g/mol. The fourth-order valence-corrected chi connectivity index (χ4v) is 2.05. The van der Waals surface area contributed by atoms with Gasteiger partial charge in [-0.15, -0.1) is 0 Å². The first-order chi connectivity index (χ1) is 9.58. The van der Waals surface area contributed by atoms with Gasteiger partial charge in [0.1, 0.15) is 0 Å². The molecule has 0 N–H and O–H groups in total. The van der Waals surface area contributed by atoms with Gasteiger partial charge in [0, 0.05) is 31.6 Å². The summed E-state index contributed by atoms with van der Waals surface area (Å²) in [5, 5.41) is 0. The number of hydrogen-bond donors (Lipinski definition) is 0. The van der Waals surface area contributed by atoms with E-state index in [0.29, 0.717) is 19.5 Å². The van der Waals surface area contributed by atoms with Crippen molar-refractivity contribution in [2.24, 2.45) is 0 Å². The van der Waals surface area contributed by atoms with E-state index in [1.807, 2.05) is 56.1 Å². The summed E-state index contributed by atoms with van der Waals surface area (Å²) in [5.41, 5.74) is 0.732. The van der Waals surface area contributed by atoms with Crippen LogP contribution in [0.5, 0.6) is 0 Å². The van der Waals surface area contributed by atoms with Gasteiger partial charge in [-0.1, -0.05) is 30.3 Å². The van der Waals surface area contributed by atoms with Crippen LogP contribution >= 0.6 is 0 Å². The Morgan fingerprint density at radius 1 is 1.05 bits per heavy atom. The molecular formula is C16H24N2O2. The van der Waals surface area contributed by atoms with Crippen LogP contribution in [0.3, 0.4) is 0 Å². The van der Waals surface area contributed by atoms with Crippen molar-refractivity contribution >= 4 is 11.7 Å². The van der Waals surface area contributed by atoms with Crippen molar-refractivity contribution in [1.82, 2.24) is 9.80 Å². The molecule has 4 nitrogen and oxygen atoms in total. The van der Waals surface area contributed by atoms with Crippen LogP contribution in [0.15, 0.2) is 30.3 Å². The monoisotopic (exact) mass is 276 g/mol. The highest BCUT2D eigenvalue weighted by atomic mass is 16.2. The molecule has 0 aliphatic heterocycles. The molecule has 0 bridgehead atoms. The maximum atomic E-state index is 12.0. The standard InChI is InChI=1S/C16H24N2O2/c1-4-18(5-2)16(20)13-17(3)12-11-15(19)14-9-7-6-8-10-14/h6-10H,4-5,11-13H2,1-3H3. The number of ketones is 1. The summed E-state index contributed by atoms with van der Waals surface area (Å²) in [6, 6.07) is 9.26. The molecule has 0 atom stereocenters. The van der Waals surface area contributed by atoms with Crippen LogP contribution in [0.25, 0.3) is 0 Å². The van der Waals surface area contributed by atoms with E-state index in [1.165, 1.54) is 0 Å². The third kappa shape index (κ3) is 5.13. The third-order valence-corrected chi connectivity index (χ3v) is 3.34. The van der Waals surface area contributed by atoms with Crippen LogP contribution in [0.2, 0.25) is 0 Å². The number of carbonyl (C=O) groups is 2.